The Labute approximate surface area is 140 Å². The number of carbonyl (C=O) groups excluding carboxylic acids is 1. The lowest BCUT2D eigenvalue weighted by atomic mass is 10.2. The maximum Gasteiger partial charge on any atom is 0.174 e. The molecule has 0 bridgehead atoms. The lowest BCUT2D eigenvalue weighted by molar-refractivity contribution is 0.102. The third-order valence-corrected chi connectivity index (χ3v) is 4.83. The summed E-state index contributed by atoms with van der Waals surface area (Å²) in [6.45, 7) is 6.65. The fourth-order valence-electron chi connectivity index (χ4n) is 2.81. The first-order chi connectivity index (χ1) is 10.9. The Morgan fingerprint density at radius 1 is 1.30 bits per heavy atom. The van der Waals surface area contributed by atoms with Crippen LogP contribution in [0.5, 0.6) is 0 Å². The Morgan fingerprint density at radius 2 is 1.96 bits per heavy atom. The second-order valence-electron chi connectivity index (χ2n) is 5.62. The third kappa shape index (κ3) is 4.24. The van der Waals surface area contributed by atoms with E-state index >= 15 is 0 Å². The maximum atomic E-state index is 12.9. The number of Topliss-reactive ketones (excluding diaryl/α,β-unsaturated/α-hetero) is 1. The molecule has 124 valence electrons. The molecule has 1 atom stereocenters. The summed E-state index contributed by atoms with van der Waals surface area (Å²) in [5, 5.41) is 0. The van der Waals surface area contributed by atoms with E-state index in [0.29, 0.717) is 12.4 Å². The Hall–Kier alpha value is -1.59. The van der Waals surface area contributed by atoms with Gasteiger partial charge in [-0.3, -0.25) is 4.79 Å². The van der Waals surface area contributed by atoms with Crippen molar-refractivity contribution in [2.24, 2.45) is 0 Å². The number of benzene rings is 1. The van der Waals surface area contributed by atoms with E-state index in [1.807, 2.05) is 19.9 Å². The molecular weight excluding hydrogens is 313 g/mol. The number of thioether (sulfide) groups is 1. The molecule has 0 fully saturated rings. The normalized spacial score (nSPS) is 12.4. The third-order valence-electron chi connectivity index (χ3n) is 3.82. The van der Waals surface area contributed by atoms with Gasteiger partial charge in [0.25, 0.3) is 0 Å². The lowest BCUT2D eigenvalue weighted by Gasteiger charge is -2.17. The summed E-state index contributed by atoms with van der Waals surface area (Å²) in [7, 11) is 1.68. The molecule has 0 amide bonds. The summed E-state index contributed by atoms with van der Waals surface area (Å²) in [6.07, 6.45) is 0. The summed E-state index contributed by atoms with van der Waals surface area (Å²) >= 11 is 1.42. The van der Waals surface area contributed by atoms with Gasteiger partial charge in [-0.2, -0.15) is 0 Å². The number of aryl methyl sites for hydroxylation is 1. The van der Waals surface area contributed by atoms with Gasteiger partial charge in [-0.25, -0.2) is 4.39 Å². The van der Waals surface area contributed by atoms with Gasteiger partial charge in [0.2, 0.25) is 0 Å². The van der Waals surface area contributed by atoms with Gasteiger partial charge >= 0.3 is 0 Å². The largest absolute Gasteiger partial charge is 0.383 e. The van der Waals surface area contributed by atoms with Crippen molar-refractivity contribution < 1.29 is 13.9 Å². The van der Waals surface area contributed by atoms with Gasteiger partial charge in [-0.1, -0.05) is 0 Å². The topological polar surface area (TPSA) is 31.2 Å². The molecular formula is C18H22FNO2S. The molecule has 5 heteroatoms. The highest BCUT2D eigenvalue weighted by Crippen LogP contribution is 2.24. The molecule has 0 radical (unpaired) electrons. The molecule has 1 aromatic carbocycles. The SMILES string of the molecule is COCC(C)n1c(C)cc(C(=O)CSc2ccc(F)cc2)c1C. The molecule has 2 rings (SSSR count). The molecule has 0 saturated heterocycles. The highest BCUT2D eigenvalue weighted by atomic mass is 32.2. The number of methoxy groups -OCH3 is 1. The summed E-state index contributed by atoms with van der Waals surface area (Å²) < 4.78 is 20.3. The second kappa shape index (κ2) is 7.79. The fourth-order valence-corrected chi connectivity index (χ4v) is 3.59. The van der Waals surface area contributed by atoms with Crippen molar-refractivity contribution in [3.05, 3.63) is 53.1 Å². The van der Waals surface area contributed by atoms with Crippen molar-refractivity contribution in [1.82, 2.24) is 4.57 Å². The molecule has 0 aliphatic carbocycles. The minimum atomic E-state index is -0.267. The average molecular weight is 335 g/mol. The summed E-state index contributed by atoms with van der Waals surface area (Å²) in [5.41, 5.74) is 2.78. The monoisotopic (exact) mass is 335 g/mol. The Bertz CT molecular complexity index is 679. The van der Waals surface area contributed by atoms with E-state index in [1.165, 1.54) is 23.9 Å². The van der Waals surface area contributed by atoms with Gasteiger partial charge in [0.05, 0.1) is 18.4 Å². The van der Waals surface area contributed by atoms with Crippen LogP contribution in [0.3, 0.4) is 0 Å². The van der Waals surface area contributed by atoms with Crippen molar-refractivity contribution in [3.63, 3.8) is 0 Å². The highest BCUT2D eigenvalue weighted by Gasteiger charge is 2.18. The van der Waals surface area contributed by atoms with Crippen molar-refractivity contribution >= 4 is 17.5 Å². The first-order valence-corrected chi connectivity index (χ1v) is 8.51. The Balaban J connectivity index is 2.10. The van der Waals surface area contributed by atoms with Crippen molar-refractivity contribution in [2.45, 2.75) is 31.7 Å². The van der Waals surface area contributed by atoms with Crippen LogP contribution in [0.15, 0.2) is 35.2 Å². The fraction of sp³-hybridized carbons (Fsp3) is 0.389. The van der Waals surface area contributed by atoms with Crippen molar-refractivity contribution in [2.75, 3.05) is 19.5 Å². The molecule has 3 nitrogen and oxygen atoms in total. The van der Waals surface area contributed by atoms with Crippen LogP contribution in [-0.4, -0.2) is 29.8 Å². The van der Waals surface area contributed by atoms with Crippen LogP contribution in [0, 0.1) is 19.7 Å². The van der Waals surface area contributed by atoms with Gasteiger partial charge in [-0.15, -0.1) is 11.8 Å². The number of carbonyl (C=O) groups is 1. The van der Waals surface area contributed by atoms with Gasteiger partial charge in [-0.05, 0) is 51.1 Å². The zero-order chi connectivity index (χ0) is 17.0. The van der Waals surface area contributed by atoms with Gasteiger partial charge in [0.1, 0.15) is 5.82 Å². The Morgan fingerprint density at radius 3 is 2.57 bits per heavy atom. The number of rotatable bonds is 7. The van der Waals surface area contributed by atoms with E-state index in [4.69, 9.17) is 4.74 Å². The number of ether oxygens (including phenoxy) is 1. The molecule has 0 aliphatic heterocycles. The van der Waals surface area contributed by atoms with Crippen LogP contribution >= 0.6 is 11.8 Å². The molecule has 0 N–H and O–H groups in total. The van der Waals surface area contributed by atoms with E-state index in [1.54, 1.807) is 19.2 Å². The molecule has 1 unspecified atom stereocenters. The molecule has 0 spiro atoms. The van der Waals surface area contributed by atoms with Crippen LogP contribution in [0.25, 0.3) is 0 Å². The van der Waals surface area contributed by atoms with Crippen LogP contribution < -0.4 is 0 Å². The predicted octanol–water partition coefficient (Wildman–Crippen LogP) is 4.43. The van der Waals surface area contributed by atoms with Crippen LogP contribution in [-0.2, 0) is 4.74 Å². The number of hydrogen-bond donors (Lipinski definition) is 0. The van der Waals surface area contributed by atoms with Crippen LogP contribution in [0.2, 0.25) is 0 Å². The number of nitrogens with zero attached hydrogens (tertiary/aromatic N) is 1. The number of halogens is 1. The van der Waals surface area contributed by atoms with Crippen molar-refractivity contribution in [3.8, 4) is 0 Å². The van der Waals surface area contributed by atoms with E-state index in [0.717, 1.165) is 21.8 Å². The predicted molar refractivity (Wildman–Crippen MR) is 91.9 cm³/mol. The highest BCUT2D eigenvalue weighted by molar-refractivity contribution is 8.00. The first-order valence-electron chi connectivity index (χ1n) is 7.53. The summed E-state index contributed by atoms with van der Waals surface area (Å²) in [5.74, 6) is 0.161. The molecule has 23 heavy (non-hydrogen) atoms. The number of aromatic nitrogens is 1. The zero-order valence-corrected chi connectivity index (χ0v) is 14.7. The zero-order valence-electron chi connectivity index (χ0n) is 13.9. The minimum absolute atomic E-state index is 0.0864. The van der Waals surface area contributed by atoms with Gasteiger partial charge in [0.15, 0.2) is 5.78 Å². The average Bonchev–Trinajstić information content (AvgIpc) is 2.81. The van der Waals surface area contributed by atoms with Crippen LogP contribution in [0.1, 0.15) is 34.7 Å². The smallest absolute Gasteiger partial charge is 0.174 e. The maximum absolute atomic E-state index is 12.9. The number of ketones is 1. The first kappa shape index (κ1) is 17.8. The van der Waals surface area contributed by atoms with E-state index in [-0.39, 0.29) is 17.6 Å². The minimum Gasteiger partial charge on any atom is -0.383 e. The van der Waals surface area contributed by atoms with Crippen LogP contribution in [0.4, 0.5) is 4.39 Å². The van der Waals surface area contributed by atoms with E-state index in [2.05, 4.69) is 11.5 Å². The second-order valence-corrected chi connectivity index (χ2v) is 6.67. The molecule has 0 saturated carbocycles. The van der Waals surface area contributed by atoms with Gasteiger partial charge in [0, 0.05) is 29.0 Å². The molecule has 1 aromatic heterocycles. The summed E-state index contributed by atoms with van der Waals surface area (Å²) in [4.78, 5) is 13.4. The number of hydrogen-bond acceptors (Lipinski definition) is 3. The van der Waals surface area contributed by atoms with E-state index < -0.39 is 0 Å². The standard InChI is InChI=1S/C18H22FNO2S/c1-12-9-17(14(3)20(12)13(2)10-22-4)18(21)11-23-16-7-5-15(19)6-8-16/h5-9,13H,10-11H2,1-4H3. The lowest BCUT2D eigenvalue weighted by Crippen LogP contribution is -2.14. The van der Waals surface area contributed by atoms with E-state index in [9.17, 15) is 9.18 Å². The molecule has 1 heterocycles. The van der Waals surface area contributed by atoms with Crippen molar-refractivity contribution in [1.29, 1.82) is 0 Å². The molecule has 0 aliphatic rings. The van der Waals surface area contributed by atoms with Gasteiger partial charge < -0.3 is 9.30 Å². The Kier molecular flexibility index (Phi) is 6.02. The molecule has 2 aromatic rings. The quantitative estimate of drug-likeness (QED) is 0.554. The summed E-state index contributed by atoms with van der Waals surface area (Å²) in [6, 6.07) is 8.32.